The summed E-state index contributed by atoms with van der Waals surface area (Å²) in [6, 6.07) is 16.2. The quantitative estimate of drug-likeness (QED) is 0.250. The fourth-order valence-corrected chi connectivity index (χ4v) is 3.82. The fourth-order valence-electron chi connectivity index (χ4n) is 3.82. The van der Waals surface area contributed by atoms with Crippen LogP contribution in [0.1, 0.15) is 52.2 Å². The van der Waals surface area contributed by atoms with Crippen LogP contribution in [0.15, 0.2) is 60.7 Å². The summed E-state index contributed by atoms with van der Waals surface area (Å²) in [6.45, 7) is 8.19. The number of carbonyl (C=O) groups excluding carboxylic acids is 5. The van der Waals surface area contributed by atoms with Crippen LogP contribution in [0.3, 0.4) is 0 Å². The van der Waals surface area contributed by atoms with Crippen molar-refractivity contribution in [2.45, 2.75) is 71.8 Å². The Kier molecular flexibility index (Phi) is 13.5. The van der Waals surface area contributed by atoms with Crippen LogP contribution in [0, 0.1) is 5.92 Å². The molecule has 4 amide bonds. The van der Waals surface area contributed by atoms with E-state index in [1.165, 1.54) is 0 Å². The highest BCUT2D eigenvalue weighted by Gasteiger charge is 2.28. The van der Waals surface area contributed by atoms with E-state index in [1.54, 1.807) is 20.8 Å². The molecule has 42 heavy (non-hydrogen) atoms. The molecule has 0 unspecified atom stereocenters. The van der Waals surface area contributed by atoms with Gasteiger partial charge in [0.2, 0.25) is 17.7 Å². The van der Waals surface area contributed by atoms with E-state index in [0.29, 0.717) is 6.42 Å². The van der Waals surface area contributed by atoms with Crippen LogP contribution in [0.5, 0.6) is 0 Å². The molecule has 0 aliphatic heterocycles. The van der Waals surface area contributed by atoms with Gasteiger partial charge >= 0.3 is 12.1 Å². The number of amides is 4. The van der Waals surface area contributed by atoms with Gasteiger partial charge in [0.1, 0.15) is 37.4 Å². The monoisotopic (exact) mass is 582 g/mol. The molecule has 2 rings (SSSR count). The average molecular weight is 583 g/mol. The maximum absolute atomic E-state index is 13.4. The van der Waals surface area contributed by atoms with E-state index in [1.807, 2.05) is 74.5 Å². The molecule has 0 aromatic heterocycles. The van der Waals surface area contributed by atoms with Crippen LogP contribution in [0.4, 0.5) is 4.79 Å². The zero-order chi connectivity index (χ0) is 31.1. The lowest BCUT2D eigenvalue weighted by atomic mass is 10.0. The Morgan fingerprint density at radius 3 is 1.90 bits per heavy atom. The second kappa shape index (κ2) is 16.8. The number of rotatable bonds is 14. The highest BCUT2D eigenvalue weighted by molar-refractivity contribution is 5.93. The molecule has 2 aromatic carbocycles. The zero-order valence-electron chi connectivity index (χ0n) is 24.9. The van der Waals surface area contributed by atoms with Crippen LogP contribution >= 0.6 is 0 Å². The van der Waals surface area contributed by atoms with E-state index in [0.717, 1.165) is 11.1 Å². The van der Waals surface area contributed by atoms with Crippen molar-refractivity contribution in [3.8, 4) is 0 Å². The van der Waals surface area contributed by atoms with Gasteiger partial charge in [-0.05, 0) is 44.2 Å². The number of hydrogen-bond donors (Lipinski definition) is 4. The molecule has 4 N–H and O–H groups in total. The first-order chi connectivity index (χ1) is 19.8. The first-order valence-electron chi connectivity index (χ1n) is 13.9. The molecule has 11 nitrogen and oxygen atoms in total. The van der Waals surface area contributed by atoms with Crippen molar-refractivity contribution in [3.63, 3.8) is 0 Å². The summed E-state index contributed by atoms with van der Waals surface area (Å²) in [6.07, 6.45) is -0.326. The molecular weight excluding hydrogens is 540 g/mol. The first-order valence-corrected chi connectivity index (χ1v) is 13.9. The third-order valence-electron chi connectivity index (χ3n) is 5.72. The van der Waals surface area contributed by atoms with Crippen molar-refractivity contribution in [2.24, 2.45) is 5.92 Å². The summed E-state index contributed by atoms with van der Waals surface area (Å²) in [4.78, 5) is 63.2. The van der Waals surface area contributed by atoms with Gasteiger partial charge in [-0.2, -0.15) is 0 Å². The molecule has 0 aliphatic rings. The van der Waals surface area contributed by atoms with Crippen LogP contribution < -0.4 is 21.3 Å². The van der Waals surface area contributed by atoms with Gasteiger partial charge in [0.25, 0.3) is 0 Å². The summed E-state index contributed by atoms with van der Waals surface area (Å²) >= 11 is 0. The number of hydrogen-bond acceptors (Lipinski definition) is 7. The van der Waals surface area contributed by atoms with Gasteiger partial charge in [0.05, 0.1) is 0 Å². The lowest BCUT2D eigenvalue weighted by molar-refractivity contribution is -0.145. The average Bonchev–Trinajstić information content (AvgIpc) is 2.93. The number of benzene rings is 2. The SMILES string of the molecule is CC(C)C[C@@H](NC(=O)[C@H](Cc1ccccc1)NC(=O)CNC(=O)OC(C)(C)C)C(=O)NCC(=O)OCc1ccccc1. The highest BCUT2D eigenvalue weighted by Crippen LogP contribution is 2.09. The van der Waals surface area contributed by atoms with Crippen molar-refractivity contribution >= 4 is 29.8 Å². The van der Waals surface area contributed by atoms with Crippen LogP contribution in [0.25, 0.3) is 0 Å². The molecule has 2 aromatic rings. The Labute approximate surface area is 247 Å². The predicted octanol–water partition coefficient (Wildman–Crippen LogP) is 2.63. The summed E-state index contributed by atoms with van der Waals surface area (Å²) in [5.74, 6) is -2.33. The molecule has 0 radical (unpaired) electrons. The van der Waals surface area contributed by atoms with Crippen molar-refractivity contribution < 1.29 is 33.4 Å². The fraction of sp³-hybridized carbons (Fsp3) is 0.452. The first kappa shape index (κ1) is 33.8. The molecule has 11 heteroatoms. The summed E-state index contributed by atoms with van der Waals surface area (Å²) in [5.41, 5.74) is 0.861. The molecule has 0 aliphatic carbocycles. The Balaban J connectivity index is 2.03. The van der Waals surface area contributed by atoms with Crippen molar-refractivity contribution in [1.82, 2.24) is 21.3 Å². The Bertz CT molecular complexity index is 1180. The Morgan fingerprint density at radius 2 is 1.33 bits per heavy atom. The van der Waals surface area contributed by atoms with E-state index >= 15 is 0 Å². The van der Waals surface area contributed by atoms with Crippen molar-refractivity contribution in [1.29, 1.82) is 0 Å². The van der Waals surface area contributed by atoms with Crippen LogP contribution in [-0.4, -0.2) is 60.6 Å². The topological polar surface area (TPSA) is 152 Å². The third-order valence-corrected chi connectivity index (χ3v) is 5.72. The summed E-state index contributed by atoms with van der Waals surface area (Å²) in [5, 5.41) is 10.3. The molecule has 0 saturated carbocycles. The van der Waals surface area contributed by atoms with Gasteiger partial charge in [-0.3, -0.25) is 19.2 Å². The minimum absolute atomic E-state index is 0.0336. The Hall–Kier alpha value is -4.41. The lowest BCUT2D eigenvalue weighted by Crippen LogP contribution is -2.56. The smallest absolute Gasteiger partial charge is 0.408 e. The molecule has 0 heterocycles. The van der Waals surface area contributed by atoms with E-state index < -0.39 is 54.0 Å². The van der Waals surface area contributed by atoms with Gasteiger partial charge in [0.15, 0.2) is 0 Å². The standard InChI is InChI=1S/C31H42N4O7/c1-21(2)16-24(28(38)32-19-27(37)41-20-23-14-10-7-11-15-23)35-29(39)25(17-22-12-8-6-9-13-22)34-26(36)18-33-30(40)42-31(3,4)5/h6-15,21,24-25H,16-20H2,1-5H3,(H,32,38)(H,33,40)(H,34,36)(H,35,39)/t24-,25+/m1/s1. The molecule has 0 spiro atoms. The maximum Gasteiger partial charge on any atom is 0.408 e. The second-order valence-electron chi connectivity index (χ2n) is 11.2. The van der Waals surface area contributed by atoms with Gasteiger partial charge < -0.3 is 30.7 Å². The number of carbonyl (C=O) groups is 5. The minimum Gasteiger partial charge on any atom is -0.460 e. The molecule has 228 valence electrons. The third kappa shape index (κ3) is 13.8. The summed E-state index contributed by atoms with van der Waals surface area (Å²) < 4.78 is 10.4. The highest BCUT2D eigenvalue weighted by atomic mass is 16.6. The molecular formula is C31H42N4O7. The molecule has 0 bridgehead atoms. The summed E-state index contributed by atoms with van der Waals surface area (Å²) in [7, 11) is 0. The van der Waals surface area contributed by atoms with E-state index in [4.69, 9.17) is 9.47 Å². The molecule has 0 saturated heterocycles. The van der Waals surface area contributed by atoms with Crippen molar-refractivity contribution in [3.05, 3.63) is 71.8 Å². The number of esters is 1. The van der Waals surface area contributed by atoms with Crippen LogP contribution in [-0.2, 0) is 41.7 Å². The molecule has 2 atom stereocenters. The normalized spacial score (nSPS) is 12.4. The van der Waals surface area contributed by atoms with E-state index in [2.05, 4.69) is 21.3 Å². The predicted molar refractivity (Wildman–Crippen MR) is 157 cm³/mol. The van der Waals surface area contributed by atoms with Gasteiger partial charge in [-0.25, -0.2) is 4.79 Å². The molecule has 0 fully saturated rings. The minimum atomic E-state index is -1.04. The van der Waals surface area contributed by atoms with E-state index in [-0.39, 0.29) is 25.5 Å². The van der Waals surface area contributed by atoms with Crippen molar-refractivity contribution in [2.75, 3.05) is 13.1 Å². The van der Waals surface area contributed by atoms with Gasteiger partial charge in [-0.15, -0.1) is 0 Å². The largest absolute Gasteiger partial charge is 0.460 e. The number of ether oxygens (including phenoxy) is 2. The maximum atomic E-state index is 13.4. The number of alkyl carbamates (subject to hydrolysis) is 1. The number of nitrogens with one attached hydrogen (secondary N) is 4. The zero-order valence-corrected chi connectivity index (χ0v) is 24.9. The lowest BCUT2D eigenvalue weighted by Gasteiger charge is -2.24. The van der Waals surface area contributed by atoms with Gasteiger partial charge in [-0.1, -0.05) is 74.5 Å². The Morgan fingerprint density at radius 1 is 0.738 bits per heavy atom. The van der Waals surface area contributed by atoms with Crippen LogP contribution in [0.2, 0.25) is 0 Å². The van der Waals surface area contributed by atoms with E-state index in [9.17, 15) is 24.0 Å². The second-order valence-corrected chi connectivity index (χ2v) is 11.2. The van der Waals surface area contributed by atoms with Gasteiger partial charge in [0, 0.05) is 6.42 Å².